The maximum Gasteiger partial charge on any atom is 0.256 e. The third kappa shape index (κ3) is 6.05. The second kappa shape index (κ2) is 15.2. The quantitative estimate of drug-likeness (QED) is 0.155. The van der Waals surface area contributed by atoms with Crippen LogP contribution < -0.4 is 52.1 Å². The number of rotatable bonds is 6. The first-order chi connectivity index (χ1) is 33.2. The minimum absolute atomic E-state index is 0.0185. The van der Waals surface area contributed by atoms with E-state index in [4.69, 9.17) is 9.47 Å². The number of hydrogen-bond acceptors (Lipinski definition) is 5. The van der Waals surface area contributed by atoms with Gasteiger partial charge in [-0.05, 0) is 105 Å². The summed E-state index contributed by atoms with van der Waals surface area (Å²) < 4.78 is 14.5. The van der Waals surface area contributed by atoms with Crippen molar-refractivity contribution in [1.29, 1.82) is 0 Å². The van der Waals surface area contributed by atoms with Crippen molar-refractivity contribution in [3.63, 3.8) is 0 Å². The Kier molecular flexibility index (Phi) is 8.68. The molecule has 10 aromatic carbocycles. The van der Waals surface area contributed by atoms with Crippen LogP contribution in [0, 0.1) is 0 Å². The van der Waals surface area contributed by atoms with Gasteiger partial charge in [-0.2, -0.15) is 0 Å². The van der Waals surface area contributed by atoms with Crippen LogP contribution in [0.2, 0.25) is 0 Å². The molecule has 0 saturated carbocycles. The summed E-state index contributed by atoms with van der Waals surface area (Å²) in [7, 11) is 0. The molecule has 0 aliphatic carbocycles. The molecule has 0 spiro atoms. The Labute approximate surface area is 394 Å². The van der Waals surface area contributed by atoms with Gasteiger partial charge >= 0.3 is 0 Å². The van der Waals surface area contributed by atoms with Crippen LogP contribution in [-0.2, 0) is 0 Å². The molecule has 4 nitrogen and oxygen atoms in total. The number of nitrogens with zero attached hydrogens (tertiary/aromatic N) is 2. The highest BCUT2D eigenvalue weighted by molar-refractivity contribution is 8.00. The second-order valence-electron chi connectivity index (χ2n) is 17.6. The zero-order valence-corrected chi connectivity index (χ0v) is 37.0. The van der Waals surface area contributed by atoms with Crippen molar-refractivity contribution in [2.24, 2.45) is 0 Å². The van der Waals surface area contributed by atoms with E-state index in [1.165, 1.54) is 37.2 Å². The lowest BCUT2D eigenvalue weighted by atomic mass is 9.31. The third-order valence-electron chi connectivity index (χ3n) is 13.8. The molecule has 0 amide bonds. The maximum absolute atomic E-state index is 7.34. The van der Waals surface area contributed by atoms with Crippen molar-refractivity contribution in [2.45, 2.75) is 9.79 Å². The van der Waals surface area contributed by atoms with Crippen molar-refractivity contribution in [1.82, 2.24) is 0 Å². The molecule has 0 fully saturated rings. The van der Waals surface area contributed by atoms with Crippen LogP contribution in [0.4, 0.5) is 34.1 Å². The normalized spacial score (nSPS) is 13.2. The highest BCUT2D eigenvalue weighted by atomic mass is 32.2. The number of ether oxygens (including phenoxy) is 2. The first-order valence-corrected chi connectivity index (χ1v) is 23.7. The summed E-state index contributed by atoms with van der Waals surface area (Å²) in [5.74, 6) is 3.49. The minimum Gasteiger partial charge on any atom is -0.458 e. The maximum atomic E-state index is 7.34. The highest BCUT2D eigenvalue weighted by Gasteiger charge is 2.46. The molecular weight excluding hydrogens is 834 g/mol. The predicted molar refractivity (Wildman–Crippen MR) is 280 cm³/mol. The average molecular weight is 873 g/mol. The molecule has 4 aliphatic rings. The molecular formula is C60H38B2N2O2S. The molecule has 0 aromatic heterocycles. The van der Waals surface area contributed by atoms with E-state index in [9.17, 15) is 0 Å². The smallest absolute Gasteiger partial charge is 0.256 e. The van der Waals surface area contributed by atoms with E-state index in [1.807, 2.05) is 11.8 Å². The van der Waals surface area contributed by atoms with Crippen LogP contribution in [0.5, 0.6) is 23.0 Å². The van der Waals surface area contributed by atoms with Crippen molar-refractivity contribution >= 4 is 92.1 Å². The fourth-order valence-electron chi connectivity index (χ4n) is 10.9. The molecule has 0 bridgehead atoms. The van der Waals surface area contributed by atoms with Crippen molar-refractivity contribution in [3.8, 4) is 45.3 Å². The van der Waals surface area contributed by atoms with Gasteiger partial charge in [0.15, 0.2) is 0 Å². The van der Waals surface area contributed by atoms with Crippen molar-refractivity contribution in [2.75, 3.05) is 9.80 Å². The number of para-hydroxylation sites is 4. The molecule has 4 heterocycles. The first kappa shape index (κ1) is 38.2. The number of anilines is 6. The minimum atomic E-state index is -0.124. The van der Waals surface area contributed by atoms with Crippen LogP contribution in [0.15, 0.2) is 240 Å². The summed E-state index contributed by atoms with van der Waals surface area (Å²) in [6, 6.07) is 83.0. The van der Waals surface area contributed by atoms with Gasteiger partial charge in [-0.25, -0.2) is 0 Å². The van der Waals surface area contributed by atoms with Gasteiger partial charge in [0.25, 0.3) is 13.4 Å². The highest BCUT2D eigenvalue weighted by Crippen LogP contribution is 2.49. The van der Waals surface area contributed by atoms with Crippen LogP contribution >= 0.6 is 11.8 Å². The van der Waals surface area contributed by atoms with Crippen LogP contribution in [0.25, 0.3) is 22.3 Å². The van der Waals surface area contributed by atoms with E-state index in [-0.39, 0.29) is 13.4 Å². The SMILES string of the molecule is c1ccc(-c2cc3c4c(c2)Sc2ccccc2B4c2cc4c(cc2O3)N(c2ccccc2-c2ccccc2)c2cc(N(c3ccccc3)c3ccccc3)cc3c2B4c2ccccc2O3)cc1. The molecule has 312 valence electrons. The van der Waals surface area contributed by atoms with Gasteiger partial charge in [-0.15, -0.1) is 0 Å². The Morgan fingerprint density at radius 2 is 0.940 bits per heavy atom. The monoisotopic (exact) mass is 872 g/mol. The van der Waals surface area contributed by atoms with Crippen LogP contribution in [-0.4, -0.2) is 13.4 Å². The van der Waals surface area contributed by atoms with Gasteiger partial charge in [0.2, 0.25) is 0 Å². The zero-order valence-electron chi connectivity index (χ0n) is 36.2. The fourth-order valence-corrected chi connectivity index (χ4v) is 12.1. The second-order valence-corrected chi connectivity index (χ2v) is 18.6. The van der Waals surface area contributed by atoms with E-state index in [0.717, 1.165) is 84.7 Å². The Balaban J connectivity index is 1.07. The van der Waals surface area contributed by atoms with Crippen LogP contribution in [0.3, 0.4) is 0 Å². The topological polar surface area (TPSA) is 24.9 Å². The van der Waals surface area contributed by atoms with E-state index in [2.05, 4.69) is 240 Å². The summed E-state index contributed by atoms with van der Waals surface area (Å²) in [6.07, 6.45) is 0. The number of benzene rings is 10. The molecule has 0 saturated heterocycles. The van der Waals surface area contributed by atoms with Gasteiger partial charge in [-0.3, -0.25) is 0 Å². The fraction of sp³-hybridized carbons (Fsp3) is 0. The summed E-state index contributed by atoms with van der Waals surface area (Å²) >= 11 is 1.85. The predicted octanol–water partition coefficient (Wildman–Crippen LogP) is 12.0. The van der Waals surface area contributed by atoms with E-state index < -0.39 is 0 Å². The molecule has 4 aliphatic heterocycles. The lowest BCUT2D eigenvalue weighted by Gasteiger charge is -2.43. The molecule has 0 radical (unpaired) electrons. The zero-order chi connectivity index (χ0) is 44.0. The van der Waals surface area contributed by atoms with E-state index >= 15 is 0 Å². The average Bonchev–Trinajstić information content (AvgIpc) is 3.39. The number of fused-ring (bicyclic) bond motifs is 8. The third-order valence-corrected chi connectivity index (χ3v) is 14.9. The summed E-state index contributed by atoms with van der Waals surface area (Å²) in [5.41, 5.74) is 18.1. The molecule has 0 N–H and O–H groups in total. The largest absolute Gasteiger partial charge is 0.458 e. The molecule has 0 unspecified atom stereocenters. The molecule has 7 heteroatoms. The lowest BCUT2D eigenvalue weighted by molar-refractivity contribution is 0.486. The molecule has 10 aromatic rings. The molecule has 0 atom stereocenters. The summed E-state index contributed by atoms with van der Waals surface area (Å²) in [4.78, 5) is 7.33. The van der Waals surface area contributed by atoms with Crippen molar-refractivity contribution in [3.05, 3.63) is 231 Å². The summed E-state index contributed by atoms with van der Waals surface area (Å²) in [5, 5.41) is 0. The first-order valence-electron chi connectivity index (χ1n) is 22.9. The summed E-state index contributed by atoms with van der Waals surface area (Å²) in [6.45, 7) is -0.143. The van der Waals surface area contributed by atoms with E-state index in [0.29, 0.717) is 0 Å². The van der Waals surface area contributed by atoms with E-state index in [1.54, 1.807) is 0 Å². The number of hydrogen-bond donors (Lipinski definition) is 0. The Hall–Kier alpha value is -8.12. The molecule has 14 rings (SSSR count). The van der Waals surface area contributed by atoms with Crippen molar-refractivity contribution < 1.29 is 9.47 Å². The van der Waals surface area contributed by atoms with Gasteiger partial charge < -0.3 is 19.3 Å². The Bertz CT molecular complexity index is 3550. The van der Waals surface area contributed by atoms with Crippen LogP contribution in [0.1, 0.15) is 0 Å². The van der Waals surface area contributed by atoms with Gasteiger partial charge in [0, 0.05) is 50.2 Å². The van der Waals surface area contributed by atoms with Gasteiger partial charge in [0.05, 0.1) is 11.4 Å². The molecule has 67 heavy (non-hydrogen) atoms. The lowest BCUT2D eigenvalue weighted by Crippen LogP contribution is -2.63. The Morgan fingerprint density at radius 3 is 1.70 bits per heavy atom. The Morgan fingerprint density at radius 1 is 0.343 bits per heavy atom. The standard InChI is InChI=1S/C60H38B2N2O2S/c1-5-19-39(20-6-1)41-33-55-60-58(34-41)67-57-32-18-15-29-47(57)62(60)49-37-48-51(38-54(49)66-55)64(50-30-16-13-27-45(50)40-21-7-2-8-22-40)52-35-44(36-56-59(52)61(48)46-28-14-17-31-53(46)65-56)63(42-23-9-3-10-24-42)43-25-11-4-12-26-43/h1-38H. The van der Waals surface area contributed by atoms with Gasteiger partial charge in [-0.1, -0.05) is 175 Å². The van der Waals surface area contributed by atoms with Gasteiger partial charge in [0.1, 0.15) is 23.0 Å².